The highest BCUT2D eigenvalue weighted by Gasteiger charge is 2.33. The first-order valence-electron chi connectivity index (χ1n) is 9.28. The highest BCUT2D eigenvalue weighted by atomic mass is 32.1. The topological polar surface area (TPSA) is 71.2 Å². The van der Waals surface area contributed by atoms with Crippen LogP contribution in [0.15, 0.2) is 30.3 Å². The lowest BCUT2D eigenvalue weighted by Crippen LogP contribution is -2.39. The number of alkyl halides is 3. The number of anilines is 3. The highest BCUT2D eigenvalue weighted by Crippen LogP contribution is 2.45. The number of nitrogens with two attached hydrogens (primary N) is 1. The van der Waals surface area contributed by atoms with Gasteiger partial charge in [-0.05, 0) is 37.1 Å². The second-order valence-corrected chi connectivity index (χ2v) is 8.38. The van der Waals surface area contributed by atoms with Crippen LogP contribution in [-0.2, 0) is 6.18 Å². The molecule has 0 spiro atoms. The number of aromatic nitrogens is 1. The summed E-state index contributed by atoms with van der Waals surface area (Å²) in [5, 5.41) is 3.24. The van der Waals surface area contributed by atoms with Gasteiger partial charge in [-0.2, -0.15) is 13.2 Å². The number of rotatable bonds is 2. The molecule has 2 bridgehead atoms. The van der Waals surface area contributed by atoms with Gasteiger partial charge >= 0.3 is 6.18 Å². The summed E-state index contributed by atoms with van der Waals surface area (Å²) >= 11 is 1.17. The number of halogens is 3. The maximum atomic E-state index is 12.9. The molecule has 150 valence electrons. The summed E-state index contributed by atoms with van der Waals surface area (Å²) < 4.78 is 38.7. The van der Waals surface area contributed by atoms with Crippen LogP contribution in [0.5, 0.6) is 0 Å². The summed E-state index contributed by atoms with van der Waals surface area (Å²) in [6.45, 7) is 2.00. The third kappa shape index (κ3) is 3.00. The maximum Gasteiger partial charge on any atom is 0.416 e. The number of benzene rings is 1. The molecule has 0 aliphatic carbocycles. The minimum absolute atomic E-state index is 0.0677. The SMILES string of the molecule is Nc1c(C(=O)Nc2cccc(C(F)(F)F)c2)sc2nc3c(cc12)N1CCC3CC1. The monoisotopic (exact) mass is 418 g/mol. The molecule has 1 amide bonds. The Balaban J connectivity index is 1.49. The number of carbonyl (C=O) groups is 1. The molecule has 3 aromatic rings. The van der Waals surface area contributed by atoms with Gasteiger partial charge in [0.2, 0.25) is 0 Å². The van der Waals surface area contributed by atoms with E-state index in [1.165, 1.54) is 23.5 Å². The lowest BCUT2D eigenvalue weighted by atomic mass is 9.86. The van der Waals surface area contributed by atoms with E-state index in [2.05, 4.69) is 10.2 Å². The van der Waals surface area contributed by atoms with Gasteiger partial charge in [0.15, 0.2) is 0 Å². The van der Waals surface area contributed by atoms with Crippen LogP contribution < -0.4 is 16.0 Å². The molecular weight excluding hydrogens is 401 g/mol. The molecule has 1 aromatic carbocycles. The van der Waals surface area contributed by atoms with Crippen LogP contribution in [0, 0.1) is 0 Å². The van der Waals surface area contributed by atoms with E-state index in [1.807, 2.05) is 6.07 Å². The summed E-state index contributed by atoms with van der Waals surface area (Å²) in [5.74, 6) is -0.101. The van der Waals surface area contributed by atoms with Gasteiger partial charge in [0.1, 0.15) is 9.71 Å². The second-order valence-electron chi connectivity index (χ2n) is 7.38. The van der Waals surface area contributed by atoms with Crippen LogP contribution in [0.1, 0.15) is 39.7 Å². The minimum atomic E-state index is -4.48. The molecule has 5 heterocycles. The average molecular weight is 418 g/mol. The fourth-order valence-electron chi connectivity index (χ4n) is 4.12. The molecule has 0 atom stereocenters. The van der Waals surface area contributed by atoms with Crippen molar-refractivity contribution in [1.29, 1.82) is 0 Å². The van der Waals surface area contributed by atoms with Crippen LogP contribution in [0.2, 0.25) is 0 Å². The summed E-state index contributed by atoms with van der Waals surface area (Å²) in [7, 11) is 0. The molecule has 29 heavy (non-hydrogen) atoms. The van der Waals surface area contributed by atoms with Gasteiger partial charge in [-0.3, -0.25) is 4.79 Å². The third-order valence-electron chi connectivity index (χ3n) is 5.61. The Kier molecular flexibility index (Phi) is 3.99. The van der Waals surface area contributed by atoms with E-state index in [9.17, 15) is 18.0 Å². The summed E-state index contributed by atoms with van der Waals surface area (Å²) in [5.41, 5.74) is 7.93. The first kappa shape index (κ1) is 18.2. The molecule has 2 aromatic heterocycles. The number of piperidine rings is 1. The Morgan fingerprint density at radius 3 is 2.72 bits per heavy atom. The zero-order chi connectivity index (χ0) is 20.3. The van der Waals surface area contributed by atoms with Crippen LogP contribution in [0.3, 0.4) is 0 Å². The zero-order valence-corrected chi connectivity index (χ0v) is 16.0. The minimum Gasteiger partial charge on any atom is -0.397 e. The van der Waals surface area contributed by atoms with Crippen molar-refractivity contribution < 1.29 is 18.0 Å². The van der Waals surface area contributed by atoms with Crippen molar-refractivity contribution in [2.75, 3.05) is 29.0 Å². The predicted molar refractivity (Wildman–Crippen MR) is 108 cm³/mol. The van der Waals surface area contributed by atoms with E-state index in [4.69, 9.17) is 10.7 Å². The first-order chi connectivity index (χ1) is 13.8. The van der Waals surface area contributed by atoms with E-state index >= 15 is 0 Å². The standard InChI is InChI=1S/C20H17F3N4OS/c21-20(22,23)11-2-1-3-12(8-11)25-18(28)17-15(24)13-9-14-16(26-19(13)29-17)10-4-6-27(14)7-5-10/h1-3,8-10H,4-7,24H2,(H,25,28). The lowest BCUT2D eigenvalue weighted by molar-refractivity contribution is -0.137. The fourth-order valence-corrected chi connectivity index (χ4v) is 5.10. The molecule has 3 N–H and O–H groups in total. The van der Waals surface area contributed by atoms with Gasteiger partial charge in [-0.25, -0.2) is 4.98 Å². The second kappa shape index (κ2) is 6.35. The van der Waals surface area contributed by atoms with Gasteiger partial charge in [0, 0.05) is 30.1 Å². The van der Waals surface area contributed by atoms with Gasteiger partial charge in [0.05, 0.1) is 22.6 Å². The van der Waals surface area contributed by atoms with Crippen molar-refractivity contribution in [3.8, 4) is 0 Å². The Labute approximate surface area is 168 Å². The fraction of sp³-hybridized carbons (Fsp3) is 0.300. The highest BCUT2D eigenvalue weighted by molar-refractivity contribution is 7.21. The number of thiophene rings is 1. The largest absolute Gasteiger partial charge is 0.416 e. The van der Waals surface area contributed by atoms with E-state index in [-0.39, 0.29) is 10.6 Å². The van der Waals surface area contributed by atoms with Gasteiger partial charge in [-0.15, -0.1) is 11.3 Å². The smallest absolute Gasteiger partial charge is 0.397 e. The summed E-state index contributed by atoms with van der Waals surface area (Å²) in [6.07, 6.45) is -2.32. The molecule has 6 rings (SSSR count). The maximum absolute atomic E-state index is 12.9. The third-order valence-corrected chi connectivity index (χ3v) is 6.72. The first-order valence-corrected chi connectivity index (χ1v) is 10.1. The number of nitrogen functional groups attached to an aromatic ring is 1. The molecule has 3 aliphatic rings. The number of carbonyl (C=O) groups excluding carboxylic acids is 1. The van der Waals surface area contributed by atoms with Crippen LogP contribution in [-0.4, -0.2) is 24.0 Å². The van der Waals surface area contributed by atoms with Crippen molar-refractivity contribution in [2.45, 2.75) is 24.9 Å². The van der Waals surface area contributed by atoms with Gasteiger partial charge in [0.25, 0.3) is 5.91 Å². The Hall–Kier alpha value is -2.81. The van der Waals surface area contributed by atoms with Crippen molar-refractivity contribution in [2.24, 2.45) is 0 Å². The number of nitrogens with zero attached hydrogens (tertiary/aromatic N) is 2. The molecule has 0 unspecified atom stereocenters. The predicted octanol–water partition coefficient (Wildman–Crippen LogP) is 4.85. The summed E-state index contributed by atoms with van der Waals surface area (Å²) in [4.78, 5) is 20.7. The van der Waals surface area contributed by atoms with Gasteiger partial charge < -0.3 is 16.0 Å². The molecule has 1 fully saturated rings. The Morgan fingerprint density at radius 1 is 1.24 bits per heavy atom. The van der Waals surface area contributed by atoms with Crippen LogP contribution >= 0.6 is 11.3 Å². The lowest BCUT2D eigenvalue weighted by Gasteiger charge is -2.41. The molecule has 9 heteroatoms. The van der Waals surface area contributed by atoms with Crippen molar-refractivity contribution in [1.82, 2.24) is 4.98 Å². The molecule has 0 saturated carbocycles. The number of pyridine rings is 1. The number of nitrogens with one attached hydrogen (secondary N) is 1. The van der Waals surface area contributed by atoms with E-state index < -0.39 is 17.6 Å². The Bertz CT molecular complexity index is 1130. The van der Waals surface area contributed by atoms with Crippen LogP contribution in [0.4, 0.5) is 30.2 Å². The van der Waals surface area contributed by atoms with E-state index in [0.717, 1.165) is 54.8 Å². The number of hydrogen-bond acceptors (Lipinski definition) is 5. The van der Waals surface area contributed by atoms with Crippen molar-refractivity contribution >= 4 is 44.5 Å². The number of fused-ring (bicyclic) bond motifs is 3. The van der Waals surface area contributed by atoms with Crippen molar-refractivity contribution in [3.05, 3.63) is 46.5 Å². The summed E-state index contributed by atoms with van der Waals surface area (Å²) in [6, 6.07) is 6.53. The number of amides is 1. The zero-order valence-electron chi connectivity index (χ0n) is 15.2. The van der Waals surface area contributed by atoms with E-state index in [0.29, 0.717) is 16.4 Å². The van der Waals surface area contributed by atoms with Gasteiger partial charge in [-0.1, -0.05) is 6.07 Å². The average Bonchev–Trinajstić information content (AvgIpc) is 3.03. The van der Waals surface area contributed by atoms with Crippen molar-refractivity contribution in [3.63, 3.8) is 0 Å². The van der Waals surface area contributed by atoms with Crippen LogP contribution in [0.25, 0.3) is 10.2 Å². The number of hydrogen-bond donors (Lipinski definition) is 2. The van der Waals surface area contributed by atoms with E-state index in [1.54, 1.807) is 0 Å². The molecule has 3 aliphatic heterocycles. The Morgan fingerprint density at radius 2 is 2.00 bits per heavy atom. The molecule has 1 saturated heterocycles. The molecular formula is C20H17F3N4OS. The molecule has 5 nitrogen and oxygen atoms in total. The quantitative estimate of drug-likeness (QED) is 0.624. The normalized spacial score (nSPS) is 16.3. The molecule has 0 radical (unpaired) electrons.